The monoisotopic (exact) mass is 226 g/mol. The zero-order chi connectivity index (χ0) is 12.6. The van der Waals surface area contributed by atoms with Crippen molar-refractivity contribution in [2.45, 2.75) is 46.0 Å². The lowest BCUT2D eigenvalue weighted by molar-refractivity contribution is 0.595. The van der Waals surface area contributed by atoms with Crippen LogP contribution in [0.5, 0.6) is 0 Å². The fourth-order valence-electron chi connectivity index (χ4n) is 2.48. The smallest absolute Gasteiger partial charge is 0.0126 e. The molecule has 0 nitrogen and oxygen atoms in total. The first-order valence-electron chi connectivity index (χ1n) is 6.43. The molecular formula is C17H22. The summed E-state index contributed by atoms with van der Waals surface area (Å²) in [5.74, 6) is 0.578. The van der Waals surface area contributed by atoms with E-state index in [-0.39, 0.29) is 5.41 Å². The van der Waals surface area contributed by atoms with Gasteiger partial charge in [0.1, 0.15) is 0 Å². The summed E-state index contributed by atoms with van der Waals surface area (Å²) in [5.41, 5.74) is 3.10. The average Bonchev–Trinajstić information content (AvgIpc) is 2.26. The highest BCUT2D eigenvalue weighted by molar-refractivity contribution is 5.89. The van der Waals surface area contributed by atoms with E-state index in [1.54, 1.807) is 0 Å². The van der Waals surface area contributed by atoms with Crippen molar-refractivity contribution in [3.63, 3.8) is 0 Å². The summed E-state index contributed by atoms with van der Waals surface area (Å²) in [6.07, 6.45) is 0. The lowest BCUT2D eigenvalue weighted by Gasteiger charge is -2.23. The van der Waals surface area contributed by atoms with E-state index in [1.807, 2.05) is 0 Å². The van der Waals surface area contributed by atoms with Gasteiger partial charge in [0.25, 0.3) is 0 Å². The molecule has 2 rings (SSSR count). The van der Waals surface area contributed by atoms with Gasteiger partial charge >= 0.3 is 0 Å². The number of rotatable bonds is 1. The summed E-state index contributed by atoms with van der Waals surface area (Å²) in [4.78, 5) is 0. The molecule has 0 fully saturated rings. The molecule has 0 aromatic heterocycles. The maximum absolute atomic E-state index is 2.30. The first-order valence-corrected chi connectivity index (χ1v) is 6.43. The molecule has 0 heterocycles. The predicted octanol–water partition coefficient (Wildman–Crippen LogP) is 5.26. The Labute approximate surface area is 105 Å². The topological polar surface area (TPSA) is 0 Å². The lowest BCUT2D eigenvalue weighted by atomic mass is 9.81. The average molecular weight is 226 g/mol. The molecule has 0 unspecified atom stereocenters. The number of fused-ring (bicyclic) bond motifs is 1. The van der Waals surface area contributed by atoms with Gasteiger partial charge in [0.05, 0.1) is 0 Å². The molecule has 17 heavy (non-hydrogen) atoms. The van der Waals surface area contributed by atoms with Gasteiger partial charge in [-0.25, -0.2) is 0 Å². The first-order chi connectivity index (χ1) is 7.91. The molecule has 0 aliphatic heterocycles. The van der Waals surface area contributed by atoms with Crippen molar-refractivity contribution in [2.75, 3.05) is 0 Å². The van der Waals surface area contributed by atoms with Crippen molar-refractivity contribution in [1.29, 1.82) is 0 Å². The fourth-order valence-corrected chi connectivity index (χ4v) is 2.48. The van der Waals surface area contributed by atoms with Crippen LogP contribution in [0.15, 0.2) is 36.4 Å². The molecule has 0 radical (unpaired) electrons. The molecule has 2 aromatic carbocycles. The van der Waals surface area contributed by atoms with Crippen LogP contribution in [0.2, 0.25) is 0 Å². The van der Waals surface area contributed by atoms with Crippen LogP contribution in [0.25, 0.3) is 10.8 Å². The van der Waals surface area contributed by atoms with Crippen molar-refractivity contribution in [2.24, 2.45) is 0 Å². The van der Waals surface area contributed by atoms with Crippen molar-refractivity contribution < 1.29 is 0 Å². The highest BCUT2D eigenvalue weighted by atomic mass is 14.2. The van der Waals surface area contributed by atoms with E-state index in [9.17, 15) is 0 Å². The van der Waals surface area contributed by atoms with Crippen LogP contribution < -0.4 is 0 Å². The summed E-state index contributed by atoms with van der Waals surface area (Å²) in [6, 6.07) is 13.4. The molecule has 0 spiro atoms. The SMILES string of the molecule is CC(C)c1ccc(C(C)(C)C)c2ccccc12. The van der Waals surface area contributed by atoms with E-state index in [0.29, 0.717) is 5.92 Å². The number of benzene rings is 2. The minimum atomic E-state index is 0.203. The van der Waals surface area contributed by atoms with E-state index in [0.717, 1.165) is 0 Å². The second-order valence-corrected chi connectivity index (χ2v) is 6.15. The molecule has 0 N–H and O–H groups in total. The second-order valence-electron chi connectivity index (χ2n) is 6.15. The number of hydrogen-bond acceptors (Lipinski definition) is 0. The zero-order valence-electron chi connectivity index (χ0n) is 11.5. The summed E-state index contributed by atoms with van der Waals surface area (Å²) in [7, 11) is 0. The largest absolute Gasteiger partial charge is 0.0616 e. The molecule has 0 amide bonds. The van der Waals surface area contributed by atoms with E-state index in [2.05, 4.69) is 71.0 Å². The van der Waals surface area contributed by atoms with Crippen LogP contribution in [0.3, 0.4) is 0 Å². The third-order valence-corrected chi connectivity index (χ3v) is 3.39. The van der Waals surface area contributed by atoms with Crippen LogP contribution in [0.4, 0.5) is 0 Å². The Hall–Kier alpha value is -1.30. The summed E-state index contributed by atoms with van der Waals surface area (Å²) < 4.78 is 0. The molecule has 0 heteroatoms. The Morgan fingerprint density at radius 3 is 1.94 bits per heavy atom. The van der Waals surface area contributed by atoms with Crippen molar-refractivity contribution in [1.82, 2.24) is 0 Å². The van der Waals surface area contributed by atoms with Gasteiger partial charge in [0, 0.05) is 0 Å². The Morgan fingerprint density at radius 1 is 0.824 bits per heavy atom. The van der Waals surface area contributed by atoms with Gasteiger partial charge in [-0.05, 0) is 33.2 Å². The van der Waals surface area contributed by atoms with E-state index in [4.69, 9.17) is 0 Å². The highest BCUT2D eigenvalue weighted by Crippen LogP contribution is 2.34. The third-order valence-electron chi connectivity index (χ3n) is 3.39. The summed E-state index contributed by atoms with van der Waals surface area (Å²) >= 11 is 0. The Balaban J connectivity index is 2.80. The molecule has 0 bridgehead atoms. The van der Waals surface area contributed by atoms with E-state index >= 15 is 0 Å². The standard InChI is InChI=1S/C17H22/c1-12(2)13-10-11-16(17(3,4)5)15-9-7-6-8-14(13)15/h6-12H,1-5H3. The van der Waals surface area contributed by atoms with Crippen LogP contribution in [0.1, 0.15) is 51.7 Å². The third kappa shape index (κ3) is 2.22. The van der Waals surface area contributed by atoms with Crippen LogP contribution in [-0.4, -0.2) is 0 Å². The molecule has 0 saturated heterocycles. The summed E-state index contributed by atoms with van der Waals surface area (Å²) in [6.45, 7) is 11.4. The molecule has 0 saturated carbocycles. The predicted molar refractivity (Wildman–Crippen MR) is 76.7 cm³/mol. The first kappa shape index (κ1) is 12.2. The maximum atomic E-state index is 2.30. The van der Waals surface area contributed by atoms with Crippen LogP contribution in [0, 0.1) is 0 Å². The van der Waals surface area contributed by atoms with E-state index < -0.39 is 0 Å². The van der Waals surface area contributed by atoms with Crippen molar-refractivity contribution in [3.05, 3.63) is 47.5 Å². The Bertz CT molecular complexity index is 527. The van der Waals surface area contributed by atoms with Gasteiger partial charge < -0.3 is 0 Å². The van der Waals surface area contributed by atoms with Crippen molar-refractivity contribution >= 4 is 10.8 Å². The molecule has 0 aliphatic rings. The van der Waals surface area contributed by atoms with Gasteiger partial charge in [-0.15, -0.1) is 0 Å². The molecule has 0 aliphatic carbocycles. The maximum Gasteiger partial charge on any atom is -0.0126 e. The minimum Gasteiger partial charge on any atom is -0.0616 e. The minimum absolute atomic E-state index is 0.203. The Kier molecular flexibility index (Phi) is 2.99. The van der Waals surface area contributed by atoms with E-state index in [1.165, 1.54) is 21.9 Å². The summed E-state index contributed by atoms with van der Waals surface area (Å²) in [5, 5.41) is 2.82. The van der Waals surface area contributed by atoms with Crippen LogP contribution >= 0.6 is 0 Å². The quantitative estimate of drug-likeness (QED) is 0.622. The number of hydrogen-bond donors (Lipinski definition) is 0. The highest BCUT2D eigenvalue weighted by Gasteiger charge is 2.18. The molecular weight excluding hydrogens is 204 g/mol. The normalized spacial score (nSPS) is 12.4. The molecule has 90 valence electrons. The fraction of sp³-hybridized carbons (Fsp3) is 0.412. The van der Waals surface area contributed by atoms with Crippen LogP contribution in [-0.2, 0) is 5.41 Å². The van der Waals surface area contributed by atoms with Gasteiger partial charge in [0.15, 0.2) is 0 Å². The Morgan fingerprint density at radius 2 is 1.41 bits per heavy atom. The second kappa shape index (κ2) is 4.18. The van der Waals surface area contributed by atoms with Gasteiger partial charge in [-0.3, -0.25) is 0 Å². The van der Waals surface area contributed by atoms with Gasteiger partial charge in [-0.1, -0.05) is 71.0 Å². The molecule has 2 aromatic rings. The molecule has 0 atom stereocenters. The van der Waals surface area contributed by atoms with Gasteiger partial charge in [-0.2, -0.15) is 0 Å². The van der Waals surface area contributed by atoms with Gasteiger partial charge in [0.2, 0.25) is 0 Å². The van der Waals surface area contributed by atoms with Crippen molar-refractivity contribution in [3.8, 4) is 0 Å². The lowest BCUT2D eigenvalue weighted by Crippen LogP contribution is -2.12. The zero-order valence-corrected chi connectivity index (χ0v) is 11.5.